The van der Waals surface area contributed by atoms with E-state index in [1.165, 1.54) is 9.75 Å². The smallest absolute Gasteiger partial charge is 0.125 e. The average Bonchev–Trinajstić information content (AvgIpc) is 2.84. The zero-order valence-electron chi connectivity index (χ0n) is 10.7. The van der Waals surface area contributed by atoms with Crippen molar-refractivity contribution >= 4 is 11.3 Å². The first-order chi connectivity index (χ1) is 8.70. The molecule has 1 heterocycles. The molecule has 0 fully saturated rings. The third-order valence-electron chi connectivity index (χ3n) is 2.80. The molecule has 1 aromatic heterocycles. The van der Waals surface area contributed by atoms with E-state index in [1.54, 1.807) is 18.3 Å². The molecule has 0 aliphatic carbocycles. The predicted octanol–water partition coefficient (Wildman–Crippen LogP) is 3.94. The van der Waals surface area contributed by atoms with Crippen molar-refractivity contribution in [3.63, 3.8) is 0 Å². The predicted molar refractivity (Wildman–Crippen MR) is 75.1 cm³/mol. The number of aryl methyl sites for hydroxylation is 1. The molecular formula is C15H18O2S. The third kappa shape index (κ3) is 3.12. The van der Waals surface area contributed by atoms with Crippen molar-refractivity contribution in [1.82, 2.24) is 0 Å². The van der Waals surface area contributed by atoms with Crippen molar-refractivity contribution in [1.29, 1.82) is 0 Å². The molecule has 0 radical (unpaired) electrons. The number of thiophene rings is 1. The van der Waals surface area contributed by atoms with Gasteiger partial charge in [-0.15, -0.1) is 11.3 Å². The van der Waals surface area contributed by atoms with Crippen LogP contribution in [0.1, 0.15) is 35.3 Å². The molecule has 18 heavy (non-hydrogen) atoms. The first kappa shape index (κ1) is 13.1. The van der Waals surface area contributed by atoms with Gasteiger partial charge in [0.15, 0.2) is 0 Å². The van der Waals surface area contributed by atoms with E-state index in [4.69, 9.17) is 4.74 Å². The minimum Gasteiger partial charge on any atom is -0.488 e. The van der Waals surface area contributed by atoms with E-state index in [9.17, 15) is 5.11 Å². The first-order valence-electron chi connectivity index (χ1n) is 6.18. The number of aliphatic hydroxyl groups is 1. The molecule has 2 aromatic rings. The molecule has 2 rings (SSSR count). The zero-order chi connectivity index (χ0) is 13.0. The normalized spacial score (nSPS) is 12.4. The van der Waals surface area contributed by atoms with Crippen molar-refractivity contribution < 1.29 is 9.84 Å². The van der Waals surface area contributed by atoms with Crippen LogP contribution in [0.4, 0.5) is 0 Å². The highest BCUT2D eigenvalue weighted by Crippen LogP contribution is 2.26. The van der Waals surface area contributed by atoms with Gasteiger partial charge < -0.3 is 9.84 Å². The lowest BCUT2D eigenvalue weighted by atomic mass is 10.1. The Labute approximate surface area is 112 Å². The Morgan fingerprint density at radius 1 is 1.17 bits per heavy atom. The second-order valence-corrected chi connectivity index (χ2v) is 5.48. The molecule has 0 bridgehead atoms. The summed E-state index contributed by atoms with van der Waals surface area (Å²) < 4.78 is 5.79. The molecule has 0 saturated heterocycles. The van der Waals surface area contributed by atoms with Crippen LogP contribution < -0.4 is 4.74 Å². The van der Waals surface area contributed by atoms with Crippen LogP contribution in [0, 0.1) is 0 Å². The van der Waals surface area contributed by atoms with E-state index >= 15 is 0 Å². The molecule has 96 valence electrons. The summed E-state index contributed by atoms with van der Waals surface area (Å²) >= 11 is 1.78. The summed E-state index contributed by atoms with van der Waals surface area (Å²) in [4.78, 5) is 2.59. The fourth-order valence-corrected chi connectivity index (χ4v) is 2.67. The fraction of sp³-hybridized carbons (Fsp3) is 0.333. The SMILES string of the molecule is CCc1ccc(COc2ccccc2C(C)O)s1. The summed E-state index contributed by atoms with van der Waals surface area (Å²) in [7, 11) is 0. The minimum absolute atomic E-state index is 0.504. The Hall–Kier alpha value is -1.32. The maximum atomic E-state index is 9.67. The van der Waals surface area contributed by atoms with Gasteiger partial charge in [-0.2, -0.15) is 0 Å². The Morgan fingerprint density at radius 3 is 2.56 bits per heavy atom. The molecule has 0 amide bonds. The van der Waals surface area contributed by atoms with Gasteiger partial charge in [0.1, 0.15) is 12.4 Å². The summed E-state index contributed by atoms with van der Waals surface area (Å²) in [5.74, 6) is 0.763. The van der Waals surface area contributed by atoms with Crippen molar-refractivity contribution in [2.45, 2.75) is 33.0 Å². The minimum atomic E-state index is -0.504. The number of ether oxygens (including phenoxy) is 1. The van der Waals surface area contributed by atoms with Crippen LogP contribution in [0.25, 0.3) is 0 Å². The number of para-hydroxylation sites is 1. The fourth-order valence-electron chi connectivity index (χ4n) is 1.80. The standard InChI is InChI=1S/C15H18O2S/c1-3-12-8-9-13(18-12)10-17-15-7-5-4-6-14(15)11(2)16/h4-9,11,16H,3,10H2,1-2H3. The second kappa shape index (κ2) is 6.03. The van der Waals surface area contributed by atoms with Gasteiger partial charge in [0.05, 0.1) is 6.10 Å². The van der Waals surface area contributed by atoms with Gasteiger partial charge in [-0.1, -0.05) is 25.1 Å². The summed E-state index contributed by atoms with van der Waals surface area (Å²) in [5, 5.41) is 9.67. The van der Waals surface area contributed by atoms with Crippen molar-refractivity contribution in [3.8, 4) is 5.75 Å². The Morgan fingerprint density at radius 2 is 1.89 bits per heavy atom. The van der Waals surface area contributed by atoms with Crippen LogP contribution >= 0.6 is 11.3 Å². The lowest BCUT2D eigenvalue weighted by Gasteiger charge is -2.12. The van der Waals surface area contributed by atoms with Gasteiger partial charge in [0.25, 0.3) is 0 Å². The van der Waals surface area contributed by atoms with Crippen LogP contribution in [0.2, 0.25) is 0 Å². The van der Waals surface area contributed by atoms with E-state index in [0.717, 1.165) is 17.7 Å². The zero-order valence-corrected chi connectivity index (χ0v) is 11.5. The molecule has 0 spiro atoms. The van der Waals surface area contributed by atoms with Gasteiger partial charge in [-0.3, -0.25) is 0 Å². The number of benzene rings is 1. The Kier molecular flexibility index (Phi) is 4.39. The quantitative estimate of drug-likeness (QED) is 0.884. The molecule has 0 aliphatic rings. The summed E-state index contributed by atoms with van der Waals surface area (Å²) in [6, 6.07) is 11.9. The lowest BCUT2D eigenvalue weighted by Crippen LogP contribution is -1.99. The average molecular weight is 262 g/mol. The highest BCUT2D eigenvalue weighted by Gasteiger charge is 2.08. The lowest BCUT2D eigenvalue weighted by molar-refractivity contribution is 0.190. The van der Waals surface area contributed by atoms with Crippen LogP contribution in [-0.4, -0.2) is 5.11 Å². The molecular weight excluding hydrogens is 244 g/mol. The molecule has 0 aliphatic heterocycles. The number of hydrogen-bond donors (Lipinski definition) is 1. The van der Waals surface area contributed by atoms with Gasteiger partial charge in [-0.25, -0.2) is 0 Å². The third-order valence-corrected chi connectivity index (χ3v) is 4.01. The summed E-state index contributed by atoms with van der Waals surface area (Å²) in [6.45, 7) is 4.47. The van der Waals surface area contributed by atoms with Crippen molar-refractivity contribution in [3.05, 3.63) is 51.7 Å². The van der Waals surface area contributed by atoms with Crippen LogP contribution in [-0.2, 0) is 13.0 Å². The van der Waals surface area contributed by atoms with Crippen LogP contribution in [0.3, 0.4) is 0 Å². The van der Waals surface area contributed by atoms with E-state index in [2.05, 4.69) is 19.1 Å². The Bertz CT molecular complexity index is 503. The van der Waals surface area contributed by atoms with Gasteiger partial charge in [-0.05, 0) is 31.5 Å². The molecule has 1 unspecified atom stereocenters. The summed E-state index contributed by atoms with van der Waals surface area (Å²) in [5.41, 5.74) is 0.838. The monoisotopic (exact) mass is 262 g/mol. The van der Waals surface area contributed by atoms with E-state index in [-0.39, 0.29) is 0 Å². The Balaban J connectivity index is 2.05. The number of aliphatic hydroxyl groups excluding tert-OH is 1. The highest BCUT2D eigenvalue weighted by molar-refractivity contribution is 7.11. The van der Waals surface area contributed by atoms with Crippen molar-refractivity contribution in [2.24, 2.45) is 0 Å². The maximum Gasteiger partial charge on any atom is 0.125 e. The number of rotatable bonds is 5. The van der Waals surface area contributed by atoms with E-state index < -0.39 is 6.10 Å². The molecule has 2 nitrogen and oxygen atoms in total. The van der Waals surface area contributed by atoms with Crippen LogP contribution in [0.5, 0.6) is 5.75 Å². The topological polar surface area (TPSA) is 29.5 Å². The molecule has 0 saturated carbocycles. The number of hydrogen-bond acceptors (Lipinski definition) is 3. The molecule has 1 atom stereocenters. The van der Waals surface area contributed by atoms with E-state index in [0.29, 0.717) is 6.61 Å². The molecule has 1 aromatic carbocycles. The van der Waals surface area contributed by atoms with Gasteiger partial charge in [0.2, 0.25) is 0 Å². The largest absolute Gasteiger partial charge is 0.488 e. The molecule has 3 heteroatoms. The maximum absolute atomic E-state index is 9.67. The highest BCUT2D eigenvalue weighted by atomic mass is 32.1. The van der Waals surface area contributed by atoms with Gasteiger partial charge >= 0.3 is 0 Å². The van der Waals surface area contributed by atoms with E-state index in [1.807, 2.05) is 24.3 Å². The van der Waals surface area contributed by atoms with Crippen LogP contribution in [0.15, 0.2) is 36.4 Å². The molecule has 1 N–H and O–H groups in total. The second-order valence-electron chi connectivity index (χ2n) is 4.22. The van der Waals surface area contributed by atoms with Gasteiger partial charge in [0, 0.05) is 15.3 Å². The first-order valence-corrected chi connectivity index (χ1v) is 6.99. The van der Waals surface area contributed by atoms with Crippen molar-refractivity contribution in [2.75, 3.05) is 0 Å². The summed E-state index contributed by atoms with van der Waals surface area (Å²) in [6.07, 6.45) is 0.560.